The molecule has 5 nitrogen and oxygen atoms in total. The largest absolute Gasteiger partial charge is 0.383 e. The monoisotopic (exact) mass is 304 g/mol. The highest BCUT2D eigenvalue weighted by Gasteiger charge is 2.13. The van der Waals surface area contributed by atoms with E-state index in [9.17, 15) is 4.79 Å². The third kappa shape index (κ3) is 3.35. The molecule has 3 N–H and O–H groups in total. The van der Waals surface area contributed by atoms with Gasteiger partial charge in [0.15, 0.2) is 5.82 Å². The topological polar surface area (TPSA) is 80.9 Å². The predicted molar refractivity (Wildman–Crippen MR) is 91.0 cm³/mol. The number of hydrogen-bond acceptors (Lipinski definition) is 4. The van der Waals surface area contributed by atoms with Gasteiger partial charge in [0, 0.05) is 17.4 Å². The SMILES string of the molecule is Cc1cccc(-c2ncc(C(=O)Nc3ccccc3)c(N)n2)c1. The van der Waals surface area contributed by atoms with Crippen LogP contribution in [0.1, 0.15) is 15.9 Å². The Labute approximate surface area is 134 Å². The molecule has 0 unspecified atom stereocenters. The smallest absolute Gasteiger partial charge is 0.260 e. The molecule has 3 aromatic rings. The number of aromatic nitrogens is 2. The van der Waals surface area contributed by atoms with E-state index in [2.05, 4.69) is 15.3 Å². The number of para-hydroxylation sites is 1. The van der Waals surface area contributed by atoms with Gasteiger partial charge in [-0.25, -0.2) is 9.97 Å². The van der Waals surface area contributed by atoms with E-state index in [1.807, 2.05) is 49.4 Å². The Hall–Kier alpha value is -3.21. The summed E-state index contributed by atoms with van der Waals surface area (Å²) in [5.41, 5.74) is 8.86. The van der Waals surface area contributed by atoms with Crippen LogP contribution in [0.3, 0.4) is 0 Å². The molecular formula is C18H16N4O. The van der Waals surface area contributed by atoms with Gasteiger partial charge in [-0.3, -0.25) is 4.79 Å². The van der Waals surface area contributed by atoms with Crippen LogP contribution < -0.4 is 11.1 Å². The van der Waals surface area contributed by atoms with Crippen molar-refractivity contribution in [1.29, 1.82) is 0 Å². The van der Waals surface area contributed by atoms with Gasteiger partial charge >= 0.3 is 0 Å². The zero-order valence-corrected chi connectivity index (χ0v) is 12.7. The molecule has 114 valence electrons. The Morgan fingerprint density at radius 1 is 1.09 bits per heavy atom. The van der Waals surface area contributed by atoms with E-state index in [4.69, 9.17) is 5.73 Å². The number of hydrogen-bond donors (Lipinski definition) is 2. The van der Waals surface area contributed by atoms with Gasteiger partial charge in [0.2, 0.25) is 0 Å². The zero-order valence-electron chi connectivity index (χ0n) is 12.7. The minimum absolute atomic E-state index is 0.157. The lowest BCUT2D eigenvalue weighted by Crippen LogP contribution is -2.15. The van der Waals surface area contributed by atoms with Gasteiger partial charge in [-0.2, -0.15) is 0 Å². The Balaban J connectivity index is 1.86. The average molecular weight is 304 g/mol. The van der Waals surface area contributed by atoms with E-state index in [0.717, 1.165) is 11.1 Å². The van der Waals surface area contributed by atoms with Crippen LogP contribution in [0.2, 0.25) is 0 Å². The first-order valence-electron chi connectivity index (χ1n) is 7.19. The summed E-state index contributed by atoms with van der Waals surface area (Å²) in [5.74, 6) is 0.330. The Bertz CT molecular complexity index is 847. The summed E-state index contributed by atoms with van der Waals surface area (Å²) in [5, 5.41) is 2.77. The number of rotatable bonds is 3. The number of nitrogens with zero attached hydrogens (tertiary/aromatic N) is 2. The summed E-state index contributed by atoms with van der Waals surface area (Å²) in [6.07, 6.45) is 1.46. The Kier molecular flexibility index (Phi) is 4.01. The molecule has 0 atom stereocenters. The number of carbonyl (C=O) groups excluding carboxylic acids is 1. The van der Waals surface area contributed by atoms with Crippen molar-refractivity contribution in [2.75, 3.05) is 11.1 Å². The van der Waals surface area contributed by atoms with Crippen molar-refractivity contribution in [2.24, 2.45) is 0 Å². The number of nitrogen functional groups attached to an aromatic ring is 1. The number of aryl methyl sites for hydroxylation is 1. The molecule has 0 saturated heterocycles. The fourth-order valence-electron chi connectivity index (χ4n) is 2.21. The van der Waals surface area contributed by atoms with Gasteiger partial charge in [-0.1, -0.05) is 42.0 Å². The average Bonchev–Trinajstić information content (AvgIpc) is 2.55. The Morgan fingerprint density at radius 3 is 2.57 bits per heavy atom. The van der Waals surface area contributed by atoms with E-state index < -0.39 is 0 Å². The van der Waals surface area contributed by atoms with Crippen molar-refractivity contribution in [3.05, 3.63) is 71.9 Å². The lowest BCUT2D eigenvalue weighted by Gasteiger charge is -2.08. The summed E-state index contributed by atoms with van der Waals surface area (Å²) in [4.78, 5) is 20.8. The van der Waals surface area contributed by atoms with Crippen LogP contribution >= 0.6 is 0 Å². The number of amides is 1. The first kappa shape index (κ1) is 14.7. The van der Waals surface area contributed by atoms with Gasteiger partial charge < -0.3 is 11.1 Å². The van der Waals surface area contributed by atoms with Gasteiger partial charge in [0.25, 0.3) is 5.91 Å². The fourth-order valence-corrected chi connectivity index (χ4v) is 2.21. The van der Waals surface area contributed by atoms with E-state index in [0.29, 0.717) is 11.5 Å². The quantitative estimate of drug-likeness (QED) is 0.778. The maximum Gasteiger partial charge on any atom is 0.260 e. The summed E-state index contributed by atoms with van der Waals surface area (Å²) in [6, 6.07) is 17.0. The lowest BCUT2D eigenvalue weighted by atomic mass is 10.1. The molecule has 5 heteroatoms. The molecule has 0 bridgehead atoms. The molecule has 0 radical (unpaired) electrons. The van der Waals surface area contributed by atoms with E-state index in [-0.39, 0.29) is 17.3 Å². The summed E-state index contributed by atoms with van der Waals surface area (Å²) in [6.45, 7) is 1.99. The molecule has 1 amide bonds. The fraction of sp³-hybridized carbons (Fsp3) is 0.0556. The minimum Gasteiger partial charge on any atom is -0.383 e. The van der Waals surface area contributed by atoms with E-state index in [1.165, 1.54) is 6.20 Å². The molecule has 0 saturated carbocycles. The minimum atomic E-state index is -0.329. The molecule has 0 aliphatic heterocycles. The maximum atomic E-state index is 12.3. The van der Waals surface area contributed by atoms with E-state index >= 15 is 0 Å². The van der Waals surface area contributed by atoms with Gasteiger partial charge in [0.05, 0.1) is 0 Å². The standard InChI is InChI=1S/C18H16N4O/c1-12-6-5-7-13(10-12)17-20-11-15(16(19)22-17)18(23)21-14-8-3-2-4-9-14/h2-11H,1H3,(H,21,23)(H2,19,20,22). The third-order valence-electron chi connectivity index (χ3n) is 3.37. The molecule has 0 aliphatic carbocycles. The highest BCUT2D eigenvalue weighted by Crippen LogP contribution is 2.19. The summed E-state index contributed by atoms with van der Waals surface area (Å²) < 4.78 is 0. The number of anilines is 2. The van der Waals surface area contributed by atoms with Crippen LogP contribution in [0, 0.1) is 6.92 Å². The van der Waals surface area contributed by atoms with Crippen molar-refractivity contribution < 1.29 is 4.79 Å². The molecule has 1 heterocycles. The second-order valence-electron chi connectivity index (χ2n) is 5.18. The third-order valence-corrected chi connectivity index (χ3v) is 3.37. The van der Waals surface area contributed by atoms with Gasteiger partial charge in [-0.05, 0) is 25.1 Å². The molecule has 0 spiro atoms. The molecular weight excluding hydrogens is 288 g/mol. The number of benzene rings is 2. The van der Waals surface area contributed by atoms with Crippen molar-refractivity contribution in [3.8, 4) is 11.4 Å². The Morgan fingerprint density at radius 2 is 1.87 bits per heavy atom. The van der Waals surface area contributed by atoms with Crippen molar-refractivity contribution in [1.82, 2.24) is 9.97 Å². The number of nitrogens with two attached hydrogens (primary N) is 1. The van der Waals surface area contributed by atoms with Crippen LogP contribution in [0.15, 0.2) is 60.8 Å². The van der Waals surface area contributed by atoms with Crippen molar-refractivity contribution >= 4 is 17.4 Å². The van der Waals surface area contributed by atoms with Gasteiger partial charge in [0.1, 0.15) is 11.4 Å². The second-order valence-corrected chi connectivity index (χ2v) is 5.18. The summed E-state index contributed by atoms with van der Waals surface area (Å²) >= 11 is 0. The first-order valence-corrected chi connectivity index (χ1v) is 7.19. The molecule has 23 heavy (non-hydrogen) atoms. The second kappa shape index (κ2) is 6.27. The van der Waals surface area contributed by atoms with Crippen molar-refractivity contribution in [3.63, 3.8) is 0 Å². The predicted octanol–water partition coefficient (Wildman–Crippen LogP) is 3.29. The lowest BCUT2D eigenvalue weighted by molar-refractivity contribution is 0.102. The van der Waals surface area contributed by atoms with Gasteiger partial charge in [-0.15, -0.1) is 0 Å². The van der Waals surface area contributed by atoms with E-state index in [1.54, 1.807) is 12.1 Å². The number of nitrogens with one attached hydrogen (secondary N) is 1. The molecule has 1 aromatic heterocycles. The van der Waals surface area contributed by atoms with Crippen LogP contribution in [-0.4, -0.2) is 15.9 Å². The maximum absolute atomic E-state index is 12.3. The van der Waals surface area contributed by atoms with Crippen LogP contribution in [0.25, 0.3) is 11.4 Å². The highest BCUT2D eigenvalue weighted by molar-refractivity contribution is 6.07. The van der Waals surface area contributed by atoms with Crippen LogP contribution in [0.4, 0.5) is 11.5 Å². The zero-order chi connectivity index (χ0) is 16.2. The molecule has 0 aliphatic rings. The molecule has 2 aromatic carbocycles. The molecule has 0 fully saturated rings. The highest BCUT2D eigenvalue weighted by atomic mass is 16.1. The van der Waals surface area contributed by atoms with Crippen LogP contribution in [-0.2, 0) is 0 Å². The number of carbonyl (C=O) groups is 1. The normalized spacial score (nSPS) is 10.3. The summed E-state index contributed by atoms with van der Waals surface area (Å²) in [7, 11) is 0. The molecule has 3 rings (SSSR count). The van der Waals surface area contributed by atoms with Crippen molar-refractivity contribution in [2.45, 2.75) is 6.92 Å². The first-order chi connectivity index (χ1) is 11.1. The van der Waals surface area contributed by atoms with Crippen LogP contribution in [0.5, 0.6) is 0 Å².